The van der Waals surface area contributed by atoms with Gasteiger partial charge in [0.2, 0.25) is 0 Å². The molecule has 1 aromatic rings. The van der Waals surface area contributed by atoms with Crippen LogP contribution in [0.4, 0.5) is 0 Å². The molecule has 0 atom stereocenters. The summed E-state index contributed by atoms with van der Waals surface area (Å²) in [6.07, 6.45) is 2.69. The van der Waals surface area contributed by atoms with Crippen molar-refractivity contribution < 1.29 is 0 Å². The third kappa shape index (κ3) is 6.73. The summed E-state index contributed by atoms with van der Waals surface area (Å²) in [5.74, 6) is 0.830. The van der Waals surface area contributed by atoms with Crippen LogP contribution in [-0.2, 0) is 6.42 Å². The highest BCUT2D eigenvalue weighted by Crippen LogP contribution is 2.05. The Bertz CT molecular complexity index is 405. The standard InChI is InChI=1S/C14H24ClN5/c1-4-20(3)10-9-18-14(16-2)17-8-7-12-5-6-13(15)19-11-12/h5-6,11H,4,7-10H2,1-3H3,(H2,16,17,18). The molecule has 1 aromatic heterocycles. The van der Waals surface area contributed by atoms with Crippen LogP contribution < -0.4 is 10.6 Å². The topological polar surface area (TPSA) is 52.5 Å². The number of rotatable bonds is 7. The molecule has 112 valence electrons. The number of guanidine groups is 1. The van der Waals surface area contributed by atoms with Crippen LogP contribution in [0.5, 0.6) is 0 Å². The molecular weight excluding hydrogens is 274 g/mol. The van der Waals surface area contributed by atoms with Crippen molar-refractivity contribution in [1.82, 2.24) is 20.5 Å². The number of aromatic nitrogens is 1. The summed E-state index contributed by atoms with van der Waals surface area (Å²) in [4.78, 5) is 10.5. The molecule has 6 heteroatoms. The fourth-order valence-corrected chi connectivity index (χ4v) is 1.74. The number of pyridine rings is 1. The molecule has 0 aliphatic carbocycles. The molecule has 0 saturated heterocycles. The van der Waals surface area contributed by atoms with Crippen LogP contribution >= 0.6 is 11.6 Å². The molecule has 0 amide bonds. The SMILES string of the molecule is CCN(C)CCNC(=NC)NCCc1ccc(Cl)nc1. The van der Waals surface area contributed by atoms with Gasteiger partial charge in [0.15, 0.2) is 5.96 Å². The molecule has 1 rings (SSSR count). The van der Waals surface area contributed by atoms with Crippen molar-refractivity contribution >= 4 is 17.6 Å². The highest BCUT2D eigenvalue weighted by molar-refractivity contribution is 6.29. The van der Waals surface area contributed by atoms with Crippen LogP contribution in [0.3, 0.4) is 0 Å². The summed E-state index contributed by atoms with van der Waals surface area (Å²) < 4.78 is 0. The summed E-state index contributed by atoms with van der Waals surface area (Å²) in [6, 6.07) is 3.80. The number of hydrogen-bond acceptors (Lipinski definition) is 3. The van der Waals surface area contributed by atoms with E-state index in [0.29, 0.717) is 5.15 Å². The molecule has 0 aromatic carbocycles. The predicted octanol–water partition coefficient (Wildman–Crippen LogP) is 1.39. The predicted molar refractivity (Wildman–Crippen MR) is 85.5 cm³/mol. The first kappa shape index (κ1) is 16.7. The van der Waals surface area contributed by atoms with E-state index in [1.54, 1.807) is 13.2 Å². The molecular formula is C14H24ClN5. The van der Waals surface area contributed by atoms with Gasteiger partial charge in [-0.2, -0.15) is 0 Å². The maximum Gasteiger partial charge on any atom is 0.191 e. The van der Waals surface area contributed by atoms with E-state index >= 15 is 0 Å². The Morgan fingerprint density at radius 1 is 1.35 bits per heavy atom. The smallest absolute Gasteiger partial charge is 0.191 e. The highest BCUT2D eigenvalue weighted by atomic mass is 35.5. The average molecular weight is 298 g/mol. The van der Waals surface area contributed by atoms with Gasteiger partial charge in [-0.15, -0.1) is 0 Å². The summed E-state index contributed by atoms with van der Waals surface area (Å²) in [5, 5.41) is 7.10. The maximum atomic E-state index is 5.75. The van der Waals surface area contributed by atoms with Crippen molar-refractivity contribution in [3.8, 4) is 0 Å². The van der Waals surface area contributed by atoms with Gasteiger partial charge >= 0.3 is 0 Å². The minimum Gasteiger partial charge on any atom is -0.356 e. The van der Waals surface area contributed by atoms with Gasteiger partial charge in [-0.25, -0.2) is 4.98 Å². The van der Waals surface area contributed by atoms with Crippen LogP contribution in [0.1, 0.15) is 12.5 Å². The minimum absolute atomic E-state index is 0.527. The summed E-state index contributed by atoms with van der Waals surface area (Å²) in [7, 11) is 3.88. The van der Waals surface area contributed by atoms with Gasteiger partial charge in [0.05, 0.1) is 0 Å². The number of aliphatic imine (C=N–C) groups is 1. The number of nitrogens with one attached hydrogen (secondary N) is 2. The number of likely N-dealkylation sites (N-methyl/N-ethyl adjacent to an activating group) is 1. The Balaban J connectivity index is 2.23. The van der Waals surface area contributed by atoms with Crippen LogP contribution in [0.2, 0.25) is 5.15 Å². The second-order valence-corrected chi connectivity index (χ2v) is 4.95. The van der Waals surface area contributed by atoms with E-state index in [2.05, 4.69) is 39.5 Å². The van der Waals surface area contributed by atoms with Gasteiger partial charge in [-0.1, -0.05) is 24.6 Å². The molecule has 0 radical (unpaired) electrons. The lowest BCUT2D eigenvalue weighted by Gasteiger charge is -2.16. The normalized spacial score (nSPS) is 11.8. The lowest BCUT2D eigenvalue weighted by molar-refractivity contribution is 0.357. The van der Waals surface area contributed by atoms with E-state index in [1.807, 2.05) is 12.1 Å². The Labute approximate surface area is 126 Å². The molecule has 1 heterocycles. The van der Waals surface area contributed by atoms with Crippen LogP contribution in [0.25, 0.3) is 0 Å². The molecule has 0 aliphatic heterocycles. The van der Waals surface area contributed by atoms with Crippen molar-refractivity contribution in [2.24, 2.45) is 4.99 Å². The zero-order valence-corrected chi connectivity index (χ0v) is 13.2. The van der Waals surface area contributed by atoms with Gasteiger partial charge < -0.3 is 15.5 Å². The molecule has 0 fully saturated rings. The Morgan fingerprint density at radius 2 is 2.10 bits per heavy atom. The number of halogens is 1. The molecule has 0 aliphatic rings. The largest absolute Gasteiger partial charge is 0.356 e. The monoisotopic (exact) mass is 297 g/mol. The maximum absolute atomic E-state index is 5.75. The Morgan fingerprint density at radius 3 is 2.70 bits per heavy atom. The fraction of sp³-hybridized carbons (Fsp3) is 0.571. The molecule has 0 bridgehead atoms. The third-order valence-electron chi connectivity index (χ3n) is 3.04. The van der Waals surface area contributed by atoms with Gasteiger partial charge in [-0.05, 0) is 31.6 Å². The quantitative estimate of drug-likeness (QED) is 0.454. The molecule has 20 heavy (non-hydrogen) atoms. The van der Waals surface area contributed by atoms with Crippen molar-refractivity contribution in [2.45, 2.75) is 13.3 Å². The average Bonchev–Trinajstić information content (AvgIpc) is 2.47. The lowest BCUT2D eigenvalue weighted by Crippen LogP contribution is -2.41. The van der Waals surface area contributed by atoms with Crippen molar-refractivity contribution in [2.75, 3.05) is 40.3 Å². The Kier molecular flexibility index (Phi) is 7.99. The van der Waals surface area contributed by atoms with E-state index in [4.69, 9.17) is 11.6 Å². The van der Waals surface area contributed by atoms with Crippen LogP contribution in [0.15, 0.2) is 23.3 Å². The third-order valence-corrected chi connectivity index (χ3v) is 3.27. The van der Waals surface area contributed by atoms with Crippen LogP contribution in [0, 0.1) is 0 Å². The van der Waals surface area contributed by atoms with E-state index in [9.17, 15) is 0 Å². The molecule has 0 saturated carbocycles. The van der Waals surface area contributed by atoms with Gasteiger partial charge in [0.1, 0.15) is 5.15 Å². The van der Waals surface area contributed by atoms with Crippen molar-refractivity contribution in [3.05, 3.63) is 29.0 Å². The zero-order chi connectivity index (χ0) is 14.8. The second kappa shape index (κ2) is 9.55. The number of nitrogens with zero attached hydrogens (tertiary/aromatic N) is 3. The van der Waals surface area contributed by atoms with Crippen molar-refractivity contribution in [3.63, 3.8) is 0 Å². The van der Waals surface area contributed by atoms with E-state index in [-0.39, 0.29) is 0 Å². The minimum atomic E-state index is 0.527. The van der Waals surface area contributed by atoms with Crippen molar-refractivity contribution in [1.29, 1.82) is 0 Å². The van der Waals surface area contributed by atoms with Gasteiger partial charge in [0.25, 0.3) is 0 Å². The van der Waals surface area contributed by atoms with Crippen LogP contribution in [-0.4, -0.2) is 56.1 Å². The molecule has 0 spiro atoms. The second-order valence-electron chi connectivity index (χ2n) is 4.56. The van der Waals surface area contributed by atoms with Gasteiger partial charge in [0, 0.05) is 32.9 Å². The summed E-state index contributed by atoms with van der Waals surface area (Å²) >= 11 is 5.75. The lowest BCUT2D eigenvalue weighted by atomic mass is 10.2. The zero-order valence-electron chi connectivity index (χ0n) is 12.5. The fourth-order valence-electron chi connectivity index (χ4n) is 1.62. The van der Waals surface area contributed by atoms with Gasteiger partial charge in [-0.3, -0.25) is 4.99 Å². The van der Waals surface area contributed by atoms with E-state index in [1.165, 1.54) is 0 Å². The Hall–Kier alpha value is -1.33. The summed E-state index contributed by atoms with van der Waals surface area (Å²) in [6.45, 7) is 5.89. The summed E-state index contributed by atoms with van der Waals surface area (Å²) in [5.41, 5.74) is 1.16. The van der Waals surface area contributed by atoms with E-state index in [0.717, 1.165) is 44.1 Å². The molecule has 0 unspecified atom stereocenters. The number of hydrogen-bond donors (Lipinski definition) is 2. The first-order valence-corrected chi connectivity index (χ1v) is 7.27. The highest BCUT2D eigenvalue weighted by Gasteiger charge is 1.99. The first-order valence-electron chi connectivity index (χ1n) is 6.89. The molecule has 2 N–H and O–H groups in total. The van der Waals surface area contributed by atoms with E-state index < -0.39 is 0 Å². The molecule has 5 nitrogen and oxygen atoms in total. The first-order chi connectivity index (χ1) is 9.65.